The molecule has 122 valence electrons. The molecule has 0 aliphatic carbocycles. The van der Waals surface area contributed by atoms with E-state index in [0.29, 0.717) is 11.8 Å². The number of nitrogens with zero attached hydrogens (tertiary/aromatic N) is 3. The third-order valence-electron chi connectivity index (χ3n) is 4.41. The third kappa shape index (κ3) is 2.28. The number of rotatable bonds is 3. The van der Waals surface area contributed by atoms with E-state index in [1.807, 2.05) is 31.2 Å². The van der Waals surface area contributed by atoms with Crippen LogP contribution in [0, 0.1) is 12.8 Å². The molecule has 0 spiro atoms. The van der Waals surface area contributed by atoms with Crippen LogP contribution in [0.15, 0.2) is 45.0 Å². The van der Waals surface area contributed by atoms with E-state index in [1.54, 1.807) is 7.11 Å². The summed E-state index contributed by atoms with van der Waals surface area (Å²) in [6.45, 7) is 6.31. The lowest BCUT2D eigenvalue weighted by Crippen LogP contribution is -2.00. The number of aryl methyl sites for hydroxylation is 1. The fraction of sp³-hybridized carbons (Fsp3) is 0.316. The van der Waals surface area contributed by atoms with Crippen molar-refractivity contribution in [2.45, 2.75) is 26.8 Å². The van der Waals surface area contributed by atoms with Gasteiger partial charge in [0.1, 0.15) is 17.3 Å². The van der Waals surface area contributed by atoms with Crippen molar-refractivity contribution in [1.29, 1.82) is 0 Å². The molecule has 0 bridgehead atoms. The Morgan fingerprint density at radius 1 is 1.17 bits per heavy atom. The van der Waals surface area contributed by atoms with Crippen molar-refractivity contribution in [3.8, 4) is 17.2 Å². The van der Waals surface area contributed by atoms with E-state index in [4.69, 9.17) is 9.15 Å². The Labute approximate surface area is 140 Å². The van der Waals surface area contributed by atoms with Crippen molar-refractivity contribution >= 4 is 16.8 Å². The van der Waals surface area contributed by atoms with Gasteiger partial charge in [0, 0.05) is 17.2 Å². The van der Waals surface area contributed by atoms with E-state index in [-0.39, 0.29) is 6.04 Å². The first-order chi connectivity index (χ1) is 11.6. The van der Waals surface area contributed by atoms with E-state index < -0.39 is 0 Å². The molecular formula is C19H19N3O2. The first-order valence-corrected chi connectivity index (χ1v) is 8.07. The van der Waals surface area contributed by atoms with Crippen molar-refractivity contribution in [3.05, 3.63) is 41.5 Å². The maximum Gasteiger partial charge on any atom is 0.227 e. The van der Waals surface area contributed by atoms with Crippen molar-refractivity contribution in [1.82, 2.24) is 4.98 Å². The highest BCUT2D eigenvalue weighted by Crippen LogP contribution is 2.42. The summed E-state index contributed by atoms with van der Waals surface area (Å²) in [4.78, 5) is 4.64. The lowest BCUT2D eigenvalue weighted by Gasteiger charge is -2.11. The zero-order valence-corrected chi connectivity index (χ0v) is 14.2. The van der Waals surface area contributed by atoms with Gasteiger partial charge in [0.15, 0.2) is 5.58 Å². The summed E-state index contributed by atoms with van der Waals surface area (Å²) < 4.78 is 11.2. The molecule has 0 N–H and O–H groups in total. The molecule has 3 aromatic rings. The number of ether oxygens (including phenoxy) is 1. The summed E-state index contributed by atoms with van der Waals surface area (Å²) in [5.41, 5.74) is 5.59. The Hall–Kier alpha value is -2.69. The molecule has 1 aliphatic heterocycles. The maximum absolute atomic E-state index is 5.95. The van der Waals surface area contributed by atoms with Gasteiger partial charge in [0.05, 0.1) is 12.8 Å². The number of aromatic nitrogens is 1. The molecule has 24 heavy (non-hydrogen) atoms. The van der Waals surface area contributed by atoms with Crippen LogP contribution in [0.2, 0.25) is 0 Å². The van der Waals surface area contributed by atoms with Gasteiger partial charge in [-0.05, 0) is 36.6 Å². The molecule has 0 radical (unpaired) electrons. The standard InChI is InChI=1S/C19H19N3O2/c1-10(2)17-14-6-5-12(8-15(14)21-22-17)19-20-18-11(3)7-13(23-4)9-16(18)24-19/h5-10,17H,1-4H3. The maximum atomic E-state index is 5.95. The number of hydrogen-bond donors (Lipinski definition) is 0. The van der Waals surface area contributed by atoms with Gasteiger partial charge in [-0.3, -0.25) is 0 Å². The Kier molecular flexibility index (Phi) is 3.37. The number of benzene rings is 2. The minimum absolute atomic E-state index is 0.143. The van der Waals surface area contributed by atoms with Crippen LogP contribution in [0.25, 0.3) is 22.6 Å². The highest BCUT2D eigenvalue weighted by Gasteiger charge is 2.24. The summed E-state index contributed by atoms with van der Waals surface area (Å²) in [5.74, 6) is 1.79. The van der Waals surface area contributed by atoms with Crippen molar-refractivity contribution in [3.63, 3.8) is 0 Å². The molecule has 0 fully saturated rings. The molecule has 1 unspecified atom stereocenters. The van der Waals surface area contributed by atoms with E-state index in [0.717, 1.165) is 33.7 Å². The Balaban J connectivity index is 1.79. The molecule has 4 rings (SSSR count). The van der Waals surface area contributed by atoms with Gasteiger partial charge < -0.3 is 9.15 Å². The summed E-state index contributed by atoms with van der Waals surface area (Å²) in [6.07, 6.45) is 0. The van der Waals surface area contributed by atoms with Crippen LogP contribution >= 0.6 is 0 Å². The smallest absolute Gasteiger partial charge is 0.227 e. The van der Waals surface area contributed by atoms with Crippen molar-refractivity contribution in [2.24, 2.45) is 16.1 Å². The topological polar surface area (TPSA) is 60.0 Å². The molecule has 0 saturated carbocycles. The van der Waals surface area contributed by atoms with Gasteiger partial charge >= 0.3 is 0 Å². The monoisotopic (exact) mass is 321 g/mol. The molecule has 1 aromatic heterocycles. The predicted molar refractivity (Wildman–Crippen MR) is 92.8 cm³/mol. The van der Waals surface area contributed by atoms with E-state index in [1.165, 1.54) is 5.56 Å². The lowest BCUT2D eigenvalue weighted by atomic mass is 9.95. The molecule has 5 heteroatoms. The molecule has 2 heterocycles. The second-order valence-electron chi connectivity index (χ2n) is 6.49. The molecule has 5 nitrogen and oxygen atoms in total. The van der Waals surface area contributed by atoms with Crippen LogP contribution in [-0.4, -0.2) is 12.1 Å². The van der Waals surface area contributed by atoms with Crippen LogP contribution in [0.5, 0.6) is 5.75 Å². The van der Waals surface area contributed by atoms with Crippen LogP contribution in [0.3, 0.4) is 0 Å². The first-order valence-electron chi connectivity index (χ1n) is 8.07. The average Bonchev–Trinajstić information content (AvgIpc) is 3.18. The van der Waals surface area contributed by atoms with Gasteiger partial charge in [0.2, 0.25) is 5.89 Å². The predicted octanol–water partition coefficient (Wildman–Crippen LogP) is 5.61. The summed E-state index contributed by atoms with van der Waals surface area (Å²) in [6, 6.07) is 10.1. The van der Waals surface area contributed by atoms with Gasteiger partial charge in [-0.2, -0.15) is 10.2 Å². The molecule has 0 saturated heterocycles. The number of methoxy groups -OCH3 is 1. The Morgan fingerprint density at radius 3 is 2.75 bits per heavy atom. The molecule has 1 aliphatic rings. The normalized spacial score (nSPS) is 16.1. The fourth-order valence-electron chi connectivity index (χ4n) is 3.10. The average molecular weight is 321 g/mol. The summed E-state index contributed by atoms with van der Waals surface area (Å²) in [7, 11) is 1.65. The zero-order chi connectivity index (χ0) is 16.8. The highest BCUT2D eigenvalue weighted by molar-refractivity contribution is 5.81. The molecule has 2 aromatic carbocycles. The second kappa shape index (κ2) is 5.44. The number of hydrogen-bond acceptors (Lipinski definition) is 5. The first kappa shape index (κ1) is 14.9. The molecule has 0 amide bonds. The van der Waals surface area contributed by atoms with Gasteiger partial charge in [-0.25, -0.2) is 4.98 Å². The van der Waals surface area contributed by atoms with Gasteiger partial charge in [0.25, 0.3) is 0 Å². The van der Waals surface area contributed by atoms with Crippen LogP contribution in [-0.2, 0) is 0 Å². The summed E-state index contributed by atoms with van der Waals surface area (Å²) >= 11 is 0. The Bertz CT molecular complexity index is 957. The minimum Gasteiger partial charge on any atom is -0.497 e. The van der Waals surface area contributed by atoms with Crippen LogP contribution < -0.4 is 4.74 Å². The number of fused-ring (bicyclic) bond motifs is 2. The van der Waals surface area contributed by atoms with E-state index >= 15 is 0 Å². The number of oxazole rings is 1. The van der Waals surface area contributed by atoms with E-state index in [2.05, 4.69) is 35.1 Å². The fourth-order valence-corrected chi connectivity index (χ4v) is 3.10. The van der Waals surface area contributed by atoms with E-state index in [9.17, 15) is 0 Å². The SMILES string of the molecule is COc1cc(C)c2nc(-c3ccc4c(c3)N=NC4C(C)C)oc2c1. The van der Waals surface area contributed by atoms with Crippen LogP contribution in [0.4, 0.5) is 5.69 Å². The highest BCUT2D eigenvalue weighted by atomic mass is 16.5. The van der Waals surface area contributed by atoms with Crippen molar-refractivity contribution in [2.75, 3.05) is 7.11 Å². The van der Waals surface area contributed by atoms with Crippen molar-refractivity contribution < 1.29 is 9.15 Å². The third-order valence-corrected chi connectivity index (χ3v) is 4.41. The van der Waals surface area contributed by atoms with Crippen LogP contribution in [0.1, 0.15) is 31.0 Å². The second-order valence-corrected chi connectivity index (χ2v) is 6.49. The quantitative estimate of drug-likeness (QED) is 0.630. The Morgan fingerprint density at radius 2 is 2.00 bits per heavy atom. The largest absolute Gasteiger partial charge is 0.497 e. The van der Waals surface area contributed by atoms with Gasteiger partial charge in [-0.15, -0.1) is 0 Å². The minimum atomic E-state index is 0.143. The lowest BCUT2D eigenvalue weighted by molar-refractivity contribution is 0.414. The number of azo groups is 1. The molecular weight excluding hydrogens is 302 g/mol. The zero-order valence-electron chi connectivity index (χ0n) is 14.2. The molecule has 1 atom stereocenters. The van der Waals surface area contributed by atoms with Gasteiger partial charge in [-0.1, -0.05) is 19.9 Å². The summed E-state index contributed by atoms with van der Waals surface area (Å²) in [5, 5.41) is 8.70.